The van der Waals surface area contributed by atoms with Crippen LogP contribution in [-0.4, -0.2) is 47.2 Å². The first-order valence-corrected chi connectivity index (χ1v) is 7.91. The summed E-state index contributed by atoms with van der Waals surface area (Å²) >= 11 is 0. The first kappa shape index (κ1) is 13.8. The van der Waals surface area contributed by atoms with Crippen molar-refractivity contribution < 1.29 is 5.11 Å². The van der Waals surface area contributed by atoms with E-state index in [0.29, 0.717) is 6.42 Å². The first-order chi connectivity index (χ1) is 9.78. The molecule has 4 nitrogen and oxygen atoms in total. The summed E-state index contributed by atoms with van der Waals surface area (Å²) in [5.74, 6) is 0. The van der Waals surface area contributed by atoms with E-state index in [1.54, 1.807) is 0 Å². The molecule has 1 aromatic heterocycles. The molecule has 20 heavy (non-hydrogen) atoms. The molecule has 3 rings (SSSR count). The summed E-state index contributed by atoms with van der Waals surface area (Å²) in [7, 11) is 0. The standard InChI is InChI=1S/C16H25N3O/c1-2-16(20)15-7-6-13(11-17-15)19-10-4-9-18-8-3-5-14(18)12-19/h6-7,11,14,16,20H,2-5,8-10,12H2,1H3/t14?,16-/m0/s1. The molecule has 1 aromatic rings. The number of fused-ring (bicyclic) bond motifs is 1. The predicted octanol–water partition coefficient (Wildman–Crippen LogP) is 2.20. The molecule has 0 aromatic carbocycles. The Morgan fingerprint density at radius 2 is 2.15 bits per heavy atom. The first-order valence-electron chi connectivity index (χ1n) is 7.91. The highest BCUT2D eigenvalue weighted by Gasteiger charge is 2.28. The van der Waals surface area contributed by atoms with Crippen LogP contribution in [0.25, 0.3) is 0 Å². The number of nitrogens with zero attached hydrogens (tertiary/aromatic N) is 3. The van der Waals surface area contributed by atoms with Crippen molar-refractivity contribution in [2.45, 2.75) is 44.8 Å². The molecule has 2 aliphatic heterocycles. The molecule has 4 heteroatoms. The second-order valence-corrected chi connectivity index (χ2v) is 6.00. The van der Waals surface area contributed by atoms with Crippen molar-refractivity contribution in [1.29, 1.82) is 0 Å². The molecule has 110 valence electrons. The van der Waals surface area contributed by atoms with E-state index in [1.165, 1.54) is 38.0 Å². The van der Waals surface area contributed by atoms with Gasteiger partial charge in [-0.05, 0) is 44.4 Å². The van der Waals surface area contributed by atoms with Crippen molar-refractivity contribution in [1.82, 2.24) is 9.88 Å². The number of anilines is 1. The lowest BCUT2D eigenvalue weighted by Crippen LogP contribution is -2.36. The van der Waals surface area contributed by atoms with Crippen molar-refractivity contribution in [2.24, 2.45) is 0 Å². The fourth-order valence-corrected chi connectivity index (χ4v) is 3.43. The molecule has 0 amide bonds. The van der Waals surface area contributed by atoms with Crippen LogP contribution in [0, 0.1) is 0 Å². The van der Waals surface area contributed by atoms with Crippen LogP contribution in [0.1, 0.15) is 44.4 Å². The highest BCUT2D eigenvalue weighted by molar-refractivity contribution is 5.45. The number of rotatable bonds is 3. The summed E-state index contributed by atoms with van der Waals surface area (Å²) in [4.78, 5) is 9.54. The van der Waals surface area contributed by atoms with Crippen molar-refractivity contribution in [3.63, 3.8) is 0 Å². The Bertz CT molecular complexity index is 434. The third-order valence-electron chi connectivity index (χ3n) is 4.67. The summed E-state index contributed by atoms with van der Waals surface area (Å²) in [5.41, 5.74) is 1.99. The molecule has 1 unspecified atom stereocenters. The molecular weight excluding hydrogens is 250 g/mol. The number of aromatic nitrogens is 1. The van der Waals surface area contributed by atoms with E-state index in [2.05, 4.69) is 20.9 Å². The van der Waals surface area contributed by atoms with Gasteiger partial charge in [-0.2, -0.15) is 0 Å². The van der Waals surface area contributed by atoms with Gasteiger partial charge in [0.2, 0.25) is 0 Å². The van der Waals surface area contributed by atoms with Crippen LogP contribution in [0.2, 0.25) is 0 Å². The largest absolute Gasteiger partial charge is 0.387 e. The van der Waals surface area contributed by atoms with Crippen LogP contribution in [0.15, 0.2) is 18.3 Å². The molecule has 0 saturated carbocycles. The van der Waals surface area contributed by atoms with Gasteiger partial charge in [-0.3, -0.25) is 9.88 Å². The lowest BCUT2D eigenvalue weighted by atomic mass is 10.1. The van der Waals surface area contributed by atoms with Crippen LogP contribution < -0.4 is 4.90 Å². The van der Waals surface area contributed by atoms with E-state index in [9.17, 15) is 5.11 Å². The molecule has 0 aliphatic carbocycles. The monoisotopic (exact) mass is 275 g/mol. The van der Waals surface area contributed by atoms with Gasteiger partial charge >= 0.3 is 0 Å². The molecule has 2 atom stereocenters. The fraction of sp³-hybridized carbons (Fsp3) is 0.688. The molecule has 1 N–H and O–H groups in total. The van der Waals surface area contributed by atoms with Crippen LogP contribution in [0.4, 0.5) is 5.69 Å². The minimum absolute atomic E-state index is 0.432. The van der Waals surface area contributed by atoms with Gasteiger partial charge in [-0.25, -0.2) is 0 Å². The second-order valence-electron chi connectivity index (χ2n) is 6.00. The minimum atomic E-state index is -0.432. The van der Waals surface area contributed by atoms with E-state index in [1.807, 2.05) is 19.2 Å². The number of aliphatic hydroxyl groups is 1. The molecule has 2 aliphatic rings. The molecule has 0 radical (unpaired) electrons. The Labute approximate surface area is 121 Å². The third kappa shape index (κ3) is 2.81. The van der Waals surface area contributed by atoms with Crippen LogP contribution in [0.3, 0.4) is 0 Å². The fourth-order valence-electron chi connectivity index (χ4n) is 3.43. The third-order valence-corrected chi connectivity index (χ3v) is 4.67. The van der Waals surface area contributed by atoms with E-state index >= 15 is 0 Å². The zero-order valence-corrected chi connectivity index (χ0v) is 12.3. The van der Waals surface area contributed by atoms with E-state index in [0.717, 1.165) is 24.8 Å². The van der Waals surface area contributed by atoms with Crippen molar-refractivity contribution in [2.75, 3.05) is 31.1 Å². The Hall–Kier alpha value is -1.13. The zero-order valence-electron chi connectivity index (χ0n) is 12.3. The maximum Gasteiger partial charge on any atom is 0.0957 e. The molecular formula is C16H25N3O. The van der Waals surface area contributed by atoms with Crippen LogP contribution in [-0.2, 0) is 0 Å². The molecule has 2 fully saturated rings. The van der Waals surface area contributed by atoms with Gasteiger partial charge in [0.05, 0.1) is 23.7 Å². The summed E-state index contributed by atoms with van der Waals surface area (Å²) in [6.07, 6.45) is 6.12. The Balaban J connectivity index is 1.71. The van der Waals surface area contributed by atoms with Gasteiger partial charge < -0.3 is 10.0 Å². The summed E-state index contributed by atoms with van der Waals surface area (Å²) < 4.78 is 0. The van der Waals surface area contributed by atoms with Gasteiger partial charge in [0.1, 0.15) is 0 Å². The minimum Gasteiger partial charge on any atom is -0.387 e. The maximum atomic E-state index is 9.82. The highest BCUT2D eigenvalue weighted by atomic mass is 16.3. The Kier molecular flexibility index (Phi) is 4.22. The van der Waals surface area contributed by atoms with E-state index < -0.39 is 6.10 Å². The van der Waals surface area contributed by atoms with Crippen molar-refractivity contribution >= 4 is 5.69 Å². The van der Waals surface area contributed by atoms with Crippen molar-refractivity contribution in [3.05, 3.63) is 24.0 Å². The van der Waals surface area contributed by atoms with Gasteiger partial charge in [0.25, 0.3) is 0 Å². The molecule has 0 bridgehead atoms. The predicted molar refractivity (Wildman–Crippen MR) is 80.9 cm³/mol. The Morgan fingerprint density at radius 1 is 1.30 bits per heavy atom. The summed E-state index contributed by atoms with van der Waals surface area (Å²) in [6, 6.07) is 4.81. The summed E-state index contributed by atoms with van der Waals surface area (Å²) in [6.45, 7) is 6.73. The van der Waals surface area contributed by atoms with Gasteiger partial charge in [-0.1, -0.05) is 6.92 Å². The lowest BCUT2D eigenvalue weighted by Gasteiger charge is -2.27. The normalized spacial score (nSPS) is 25.3. The molecule has 2 saturated heterocycles. The van der Waals surface area contributed by atoms with E-state index in [4.69, 9.17) is 0 Å². The molecule has 0 spiro atoms. The van der Waals surface area contributed by atoms with Gasteiger partial charge in [0.15, 0.2) is 0 Å². The number of pyridine rings is 1. The molecule has 3 heterocycles. The number of hydrogen-bond donors (Lipinski definition) is 1. The van der Waals surface area contributed by atoms with Gasteiger partial charge in [-0.15, -0.1) is 0 Å². The maximum absolute atomic E-state index is 9.82. The number of aliphatic hydroxyl groups excluding tert-OH is 1. The summed E-state index contributed by atoms with van der Waals surface area (Å²) in [5, 5.41) is 9.82. The SMILES string of the molecule is CC[C@H](O)c1ccc(N2CCCN3CCCC3C2)cn1. The quantitative estimate of drug-likeness (QED) is 0.918. The van der Waals surface area contributed by atoms with Crippen LogP contribution in [0.5, 0.6) is 0 Å². The Morgan fingerprint density at radius 3 is 2.90 bits per heavy atom. The van der Waals surface area contributed by atoms with Crippen LogP contribution >= 0.6 is 0 Å². The average molecular weight is 275 g/mol. The smallest absolute Gasteiger partial charge is 0.0957 e. The second kappa shape index (κ2) is 6.10. The lowest BCUT2D eigenvalue weighted by molar-refractivity contribution is 0.169. The van der Waals surface area contributed by atoms with E-state index in [-0.39, 0.29) is 0 Å². The van der Waals surface area contributed by atoms with Crippen molar-refractivity contribution in [3.8, 4) is 0 Å². The average Bonchev–Trinajstić information content (AvgIpc) is 2.83. The van der Waals surface area contributed by atoms with Gasteiger partial charge in [0, 0.05) is 25.7 Å². The zero-order chi connectivity index (χ0) is 13.9. The number of hydrogen-bond acceptors (Lipinski definition) is 4. The highest BCUT2D eigenvalue weighted by Crippen LogP contribution is 2.25. The topological polar surface area (TPSA) is 39.6 Å².